The molecular weight excluding hydrogens is 186 g/mol. The van der Waals surface area contributed by atoms with Crippen LogP contribution in [-0.4, -0.2) is 41.7 Å². The Morgan fingerprint density at radius 2 is 2.33 bits per heavy atom. The van der Waals surface area contributed by atoms with Crippen molar-refractivity contribution in [3.05, 3.63) is 21.8 Å². The number of rotatable bonds is 0. The molecule has 0 N–H and O–H groups in total. The number of aryl methyl sites for hydroxylation is 1. The van der Waals surface area contributed by atoms with E-state index in [9.17, 15) is 4.79 Å². The molecule has 1 rings (SSSR count). The molecule has 0 spiro atoms. The van der Waals surface area contributed by atoms with Gasteiger partial charge in [-0.05, 0) is 0 Å². The second-order valence-electron chi connectivity index (χ2n) is 1.24. The first-order valence-corrected chi connectivity index (χ1v) is 2.75. The molecule has 0 saturated carbocycles. The van der Waals surface area contributed by atoms with Crippen LogP contribution in [0.2, 0.25) is 0 Å². The fraction of sp³-hybridized carbons (Fsp3) is 0.250. The fourth-order valence-corrected chi connectivity index (χ4v) is 0.861. The molecule has 1 aromatic heterocycles. The Labute approximate surface area is 96.4 Å². The fourth-order valence-electron chi connectivity index (χ4n) is 0.337. The molecule has 0 bridgehead atoms. The van der Waals surface area contributed by atoms with Crippen molar-refractivity contribution in [2.45, 2.75) is 0 Å². The average molecular weight is 194 g/mol. The van der Waals surface area contributed by atoms with Crippen molar-refractivity contribution >= 4 is 61.7 Å². The summed E-state index contributed by atoms with van der Waals surface area (Å²) in [5.41, 5.74) is 0.0741. The van der Waals surface area contributed by atoms with E-state index in [-0.39, 0.29) is 58.6 Å². The topological polar surface area (TPSA) is 22.0 Å². The van der Waals surface area contributed by atoms with Crippen LogP contribution in [0.15, 0.2) is 16.2 Å². The van der Waals surface area contributed by atoms with Crippen LogP contribution in [0.25, 0.3) is 0 Å². The van der Waals surface area contributed by atoms with Gasteiger partial charge in [0.05, 0.1) is 0 Å². The Balaban J connectivity index is -0.0000000612. The predicted octanol–water partition coefficient (Wildman–Crippen LogP) is 0.713. The minimum absolute atomic E-state index is 0. The summed E-state index contributed by atoms with van der Waals surface area (Å²) in [4.78, 5) is 10.4. The molecule has 0 aliphatic rings. The van der Waals surface area contributed by atoms with Gasteiger partial charge in [0.25, 0.3) is 5.56 Å². The van der Waals surface area contributed by atoms with Gasteiger partial charge in [0, 0.05) is 18.5 Å². The molecule has 1 aromatic rings. The summed E-state index contributed by atoms with van der Waals surface area (Å²) in [6, 6.07) is 1.55. The normalized spacial score (nSPS) is 7.22. The zero-order chi connectivity index (χ0) is 5.28. The van der Waals surface area contributed by atoms with Gasteiger partial charge >= 0.3 is 37.7 Å². The van der Waals surface area contributed by atoms with Crippen molar-refractivity contribution in [1.82, 2.24) is 3.96 Å². The summed E-state index contributed by atoms with van der Waals surface area (Å²) in [6.07, 6.45) is 0. The molecule has 0 radical (unpaired) electrons. The number of nitrogens with zero attached hydrogens (tertiary/aromatic N) is 1. The van der Waals surface area contributed by atoms with Gasteiger partial charge in [0.15, 0.2) is 0 Å². The summed E-state index contributed by atoms with van der Waals surface area (Å²) >= 11 is 1.41. The Morgan fingerprint density at radius 3 is 2.44 bits per heavy atom. The quantitative estimate of drug-likeness (QED) is 0.557. The van der Waals surface area contributed by atoms with Gasteiger partial charge in [0.1, 0.15) is 0 Å². The second kappa shape index (κ2) is 5.74. The summed E-state index contributed by atoms with van der Waals surface area (Å²) in [5, 5.41) is 1.77. The third-order valence-corrected chi connectivity index (χ3v) is 1.49. The van der Waals surface area contributed by atoms with Crippen molar-refractivity contribution in [3.63, 3.8) is 0 Å². The summed E-state index contributed by atoms with van der Waals surface area (Å²) in [7, 11) is 1.74. The molecule has 0 aliphatic carbocycles. The molecule has 2 nitrogen and oxygen atoms in total. The summed E-state index contributed by atoms with van der Waals surface area (Å²) in [5.74, 6) is 0. The molecule has 1 heterocycles. The molecule has 9 heavy (non-hydrogen) atoms. The monoisotopic (exact) mass is 193 g/mol. The van der Waals surface area contributed by atoms with E-state index in [0.717, 1.165) is 0 Å². The van der Waals surface area contributed by atoms with Gasteiger partial charge in [-0.1, -0.05) is 11.5 Å². The molecule has 0 fully saturated rings. The summed E-state index contributed by atoms with van der Waals surface area (Å²) in [6.45, 7) is 0. The molecule has 0 saturated heterocycles. The first-order chi connectivity index (χ1) is 3.30. The number of hydrogen-bond acceptors (Lipinski definition) is 2. The van der Waals surface area contributed by atoms with Gasteiger partial charge in [-0.3, -0.25) is 8.75 Å². The van der Waals surface area contributed by atoms with Crippen LogP contribution in [0, 0.1) is 0 Å². The number of hydrogen-bond donors (Lipinski definition) is 0. The standard InChI is InChI=1S/C4H5NOS.Ca.ClH.2H/c1-5-4(6)2-3-7-5;;;;/h2-3H,1H3;;1H;;/q;+2;;2*-1. The molecule has 0 aromatic carbocycles. The number of halogens is 1. The summed E-state index contributed by atoms with van der Waals surface area (Å²) < 4.78 is 1.57. The molecule has 5 heteroatoms. The second-order valence-corrected chi connectivity index (χ2v) is 2.27. The molecule has 0 unspecified atom stereocenters. The third-order valence-electron chi connectivity index (χ3n) is 0.740. The van der Waals surface area contributed by atoms with E-state index in [2.05, 4.69) is 0 Å². The van der Waals surface area contributed by atoms with Gasteiger partial charge in [-0.15, -0.1) is 12.4 Å². The minimum Gasteiger partial charge on any atom is -1.00 e. The van der Waals surface area contributed by atoms with Gasteiger partial charge in [-0.2, -0.15) is 0 Å². The van der Waals surface area contributed by atoms with Crippen molar-refractivity contribution in [1.29, 1.82) is 0 Å². The SMILES string of the molecule is Cl.Cn1sccc1=O.[Ca+2].[H-].[H-]. The predicted molar refractivity (Wildman–Crippen MR) is 44.8 cm³/mol. The molecule has 0 aliphatic heterocycles. The Morgan fingerprint density at radius 1 is 1.78 bits per heavy atom. The van der Waals surface area contributed by atoms with E-state index >= 15 is 0 Å². The van der Waals surface area contributed by atoms with Crippen molar-refractivity contribution in [2.75, 3.05) is 0 Å². The Kier molecular flexibility index (Phi) is 8.06. The van der Waals surface area contributed by atoms with Crippen LogP contribution in [-0.2, 0) is 7.05 Å². The first kappa shape index (κ1) is 12.6. The average Bonchev–Trinajstić information content (AvgIpc) is 1.91. The van der Waals surface area contributed by atoms with Crippen LogP contribution >= 0.6 is 23.9 Å². The van der Waals surface area contributed by atoms with E-state index in [0.29, 0.717) is 0 Å². The van der Waals surface area contributed by atoms with Gasteiger partial charge in [0.2, 0.25) is 0 Å². The van der Waals surface area contributed by atoms with Crippen LogP contribution in [0.1, 0.15) is 2.85 Å². The maximum Gasteiger partial charge on any atom is 2.00 e. The maximum absolute atomic E-state index is 10.4. The van der Waals surface area contributed by atoms with E-state index in [1.165, 1.54) is 11.5 Å². The van der Waals surface area contributed by atoms with Crippen LogP contribution in [0.4, 0.5) is 0 Å². The van der Waals surface area contributed by atoms with Crippen LogP contribution in [0.5, 0.6) is 0 Å². The Bertz CT molecular complexity index is 216. The van der Waals surface area contributed by atoms with E-state index in [1.807, 2.05) is 0 Å². The third kappa shape index (κ3) is 3.63. The zero-order valence-corrected chi connectivity index (χ0v) is 8.88. The van der Waals surface area contributed by atoms with Crippen molar-refractivity contribution in [3.8, 4) is 0 Å². The zero-order valence-electron chi connectivity index (χ0n) is 7.03. The molecule has 50 valence electrons. The minimum atomic E-state index is 0. The van der Waals surface area contributed by atoms with Crippen molar-refractivity contribution < 1.29 is 2.85 Å². The van der Waals surface area contributed by atoms with Gasteiger partial charge in [-0.25, -0.2) is 0 Å². The molecule has 0 amide bonds. The van der Waals surface area contributed by atoms with Crippen LogP contribution < -0.4 is 5.56 Å². The largest absolute Gasteiger partial charge is 2.00 e. The molecular formula is C4H8CaClNOS. The van der Waals surface area contributed by atoms with Crippen molar-refractivity contribution in [2.24, 2.45) is 7.05 Å². The van der Waals surface area contributed by atoms with Gasteiger partial charge < -0.3 is 2.85 Å². The molecule has 0 atom stereocenters. The van der Waals surface area contributed by atoms with Crippen LogP contribution in [0.3, 0.4) is 0 Å². The smallest absolute Gasteiger partial charge is 1.00 e. The van der Waals surface area contributed by atoms with E-state index in [4.69, 9.17) is 0 Å². The first-order valence-electron chi connectivity index (χ1n) is 1.92. The van der Waals surface area contributed by atoms with E-state index < -0.39 is 0 Å². The van der Waals surface area contributed by atoms with E-state index in [1.54, 1.807) is 22.5 Å². The number of aromatic nitrogens is 1. The Hall–Kier alpha value is 0.980. The maximum atomic E-state index is 10.4.